The number of aryl methyl sites for hydroxylation is 2. The summed E-state index contributed by atoms with van der Waals surface area (Å²) in [7, 11) is 5.15. The van der Waals surface area contributed by atoms with Gasteiger partial charge in [-0.15, -0.1) is 0 Å². The van der Waals surface area contributed by atoms with Gasteiger partial charge in [-0.3, -0.25) is 9.67 Å². The number of hydrogen-bond donors (Lipinski definition) is 0. The Labute approximate surface area is 196 Å². The minimum absolute atomic E-state index is 0.481. The lowest BCUT2D eigenvalue weighted by molar-refractivity contribution is 0.390. The van der Waals surface area contributed by atoms with Crippen LogP contribution in [0.15, 0.2) is 65.6 Å². The molecule has 5 aromatic rings. The molecule has 0 saturated carbocycles. The Balaban J connectivity index is 1.62. The summed E-state index contributed by atoms with van der Waals surface area (Å²) in [4.78, 5) is 11.6. The molecular weight excluding hydrogens is 432 g/mol. The van der Waals surface area contributed by atoms with Crippen LogP contribution in [-0.2, 0) is 13.6 Å². The molecule has 9 heteroatoms. The summed E-state index contributed by atoms with van der Waals surface area (Å²) >= 11 is 0. The summed E-state index contributed by atoms with van der Waals surface area (Å²) in [6, 6.07) is 13.7. The molecule has 0 radical (unpaired) electrons. The van der Waals surface area contributed by atoms with Crippen LogP contribution in [0.5, 0.6) is 11.5 Å². The van der Waals surface area contributed by atoms with E-state index in [4.69, 9.17) is 19.0 Å². The van der Waals surface area contributed by atoms with Crippen LogP contribution in [0.25, 0.3) is 22.3 Å². The summed E-state index contributed by atoms with van der Waals surface area (Å²) in [5.41, 5.74) is 5.85. The van der Waals surface area contributed by atoms with Crippen LogP contribution in [0, 0.1) is 6.92 Å². The molecule has 3 heterocycles. The molecule has 0 saturated heterocycles. The molecular formula is C25H24N6O3. The average molecular weight is 457 g/mol. The maximum atomic E-state index is 5.50. The van der Waals surface area contributed by atoms with Gasteiger partial charge in [0, 0.05) is 54.4 Å². The van der Waals surface area contributed by atoms with Crippen LogP contribution in [0.4, 0.5) is 11.4 Å². The van der Waals surface area contributed by atoms with Gasteiger partial charge in [0.1, 0.15) is 23.0 Å². The van der Waals surface area contributed by atoms with Crippen molar-refractivity contribution < 1.29 is 14.0 Å². The number of benzene rings is 2. The van der Waals surface area contributed by atoms with Crippen molar-refractivity contribution in [3.8, 4) is 22.8 Å². The molecule has 0 N–H and O–H groups in total. The Hall–Kier alpha value is -4.40. The highest BCUT2D eigenvalue weighted by Crippen LogP contribution is 2.35. The number of ether oxygens (including phenoxy) is 2. The molecule has 172 valence electrons. The van der Waals surface area contributed by atoms with Crippen molar-refractivity contribution >= 4 is 22.4 Å². The first-order valence-corrected chi connectivity index (χ1v) is 10.7. The van der Waals surface area contributed by atoms with Gasteiger partial charge in [-0.05, 0) is 25.1 Å². The topological polar surface area (TPSA) is 91.3 Å². The number of hydrogen-bond acceptors (Lipinski definition) is 8. The standard InChI is InChI=1S/C25H24N6O3/c1-16-7-18(29-34-16)15-31(20-8-21(32-3)11-22(9-20)33-4)19-5-6-23-24(10-19)28-25(13-26-23)17-12-27-30(2)14-17/h5-14H,15H2,1-4H3. The first-order valence-electron chi connectivity index (χ1n) is 10.7. The Morgan fingerprint density at radius 1 is 0.941 bits per heavy atom. The fourth-order valence-electron chi connectivity index (χ4n) is 3.79. The molecule has 3 aromatic heterocycles. The van der Waals surface area contributed by atoms with Gasteiger partial charge in [0.25, 0.3) is 0 Å². The summed E-state index contributed by atoms with van der Waals surface area (Å²) in [5, 5.41) is 8.43. The highest BCUT2D eigenvalue weighted by Gasteiger charge is 2.17. The van der Waals surface area contributed by atoms with Crippen LogP contribution < -0.4 is 14.4 Å². The lowest BCUT2D eigenvalue weighted by atomic mass is 10.1. The molecule has 5 rings (SSSR count). The monoisotopic (exact) mass is 456 g/mol. The molecule has 0 unspecified atom stereocenters. The number of rotatable bonds is 7. The van der Waals surface area contributed by atoms with Gasteiger partial charge in [-0.2, -0.15) is 5.10 Å². The fourth-order valence-corrected chi connectivity index (χ4v) is 3.79. The van der Waals surface area contributed by atoms with E-state index in [0.717, 1.165) is 45.1 Å². The maximum Gasteiger partial charge on any atom is 0.133 e. The summed E-state index contributed by atoms with van der Waals surface area (Å²) < 4.78 is 18.1. The maximum absolute atomic E-state index is 5.50. The van der Waals surface area contributed by atoms with Gasteiger partial charge < -0.3 is 18.9 Å². The van der Waals surface area contributed by atoms with E-state index in [1.54, 1.807) is 31.3 Å². The molecule has 2 aromatic carbocycles. The van der Waals surface area contributed by atoms with Gasteiger partial charge in [-0.25, -0.2) is 4.98 Å². The normalized spacial score (nSPS) is 11.1. The van der Waals surface area contributed by atoms with Gasteiger partial charge in [0.2, 0.25) is 0 Å². The third-order valence-electron chi connectivity index (χ3n) is 5.48. The summed E-state index contributed by atoms with van der Waals surface area (Å²) in [6.07, 6.45) is 5.46. The fraction of sp³-hybridized carbons (Fsp3) is 0.200. The van der Waals surface area contributed by atoms with E-state index in [1.165, 1.54) is 0 Å². The minimum atomic E-state index is 0.481. The Morgan fingerprint density at radius 3 is 2.38 bits per heavy atom. The average Bonchev–Trinajstić information content (AvgIpc) is 3.49. The van der Waals surface area contributed by atoms with Gasteiger partial charge in [0.15, 0.2) is 0 Å². The number of nitrogens with zero attached hydrogens (tertiary/aromatic N) is 6. The highest BCUT2D eigenvalue weighted by molar-refractivity contribution is 5.82. The number of methoxy groups -OCH3 is 2. The predicted molar refractivity (Wildman–Crippen MR) is 128 cm³/mol. The number of anilines is 2. The van der Waals surface area contributed by atoms with E-state index >= 15 is 0 Å². The highest BCUT2D eigenvalue weighted by atomic mass is 16.5. The van der Waals surface area contributed by atoms with E-state index in [2.05, 4.69) is 20.1 Å². The van der Waals surface area contributed by atoms with Crippen molar-refractivity contribution in [2.45, 2.75) is 13.5 Å². The van der Waals surface area contributed by atoms with Crippen LogP contribution in [0.2, 0.25) is 0 Å². The van der Waals surface area contributed by atoms with E-state index in [1.807, 2.05) is 62.6 Å². The Kier molecular flexibility index (Phi) is 5.59. The first kappa shape index (κ1) is 21.4. The number of fused-ring (bicyclic) bond motifs is 1. The second kappa shape index (κ2) is 8.86. The quantitative estimate of drug-likeness (QED) is 0.349. The minimum Gasteiger partial charge on any atom is -0.497 e. The van der Waals surface area contributed by atoms with Crippen molar-refractivity contribution in [2.75, 3.05) is 19.1 Å². The zero-order valence-electron chi connectivity index (χ0n) is 19.4. The molecule has 0 aliphatic carbocycles. The first-order chi connectivity index (χ1) is 16.5. The zero-order valence-corrected chi connectivity index (χ0v) is 19.4. The Morgan fingerprint density at radius 2 is 1.74 bits per heavy atom. The van der Waals surface area contributed by atoms with Crippen LogP contribution >= 0.6 is 0 Å². The van der Waals surface area contributed by atoms with Crippen LogP contribution in [-0.4, -0.2) is 39.1 Å². The molecule has 0 fully saturated rings. The Bertz CT molecular complexity index is 1440. The molecule has 0 amide bonds. The largest absolute Gasteiger partial charge is 0.497 e. The lowest BCUT2D eigenvalue weighted by Gasteiger charge is -2.25. The van der Waals surface area contributed by atoms with Crippen molar-refractivity contribution in [2.24, 2.45) is 7.05 Å². The molecule has 9 nitrogen and oxygen atoms in total. The molecule has 0 atom stereocenters. The van der Waals surface area contributed by atoms with E-state index in [0.29, 0.717) is 18.0 Å². The molecule has 0 bridgehead atoms. The van der Waals surface area contributed by atoms with Gasteiger partial charge >= 0.3 is 0 Å². The van der Waals surface area contributed by atoms with E-state index in [-0.39, 0.29) is 0 Å². The third kappa shape index (κ3) is 4.27. The predicted octanol–water partition coefficient (Wildman–Crippen LogP) is 4.68. The van der Waals surface area contributed by atoms with Crippen LogP contribution in [0.3, 0.4) is 0 Å². The second-order valence-electron chi connectivity index (χ2n) is 7.92. The van der Waals surface area contributed by atoms with Crippen molar-refractivity contribution in [3.63, 3.8) is 0 Å². The summed E-state index contributed by atoms with van der Waals surface area (Å²) in [6.45, 7) is 2.36. The van der Waals surface area contributed by atoms with Gasteiger partial charge in [0.05, 0.1) is 49.9 Å². The molecule has 0 spiro atoms. The molecule has 0 aliphatic heterocycles. The smallest absolute Gasteiger partial charge is 0.133 e. The zero-order chi connectivity index (χ0) is 23.7. The van der Waals surface area contributed by atoms with Crippen molar-refractivity contribution in [1.29, 1.82) is 0 Å². The molecule has 0 aliphatic rings. The van der Waals surface area contributed by atoms with Crippen molar-refractivity contribution in [1.82, 2.24) is 24.9 Å². The van der Waals surface area contributed by atoms with E-state index in [9.17, 15) is 0 Å². The lowest BCUT2D eigenvalue weighted by Crippen LogP contribution is -2.17. The third-order valence-corrected chi connectivity index (χ3v) is 5.48. The SMILES string of the molecule is COc1cc(OC)cc(N(Cc2cc(C)on2)c2ccc3ncc(-c4cnn(C)c4)nc3c2)c1. The van der Waals surface area contributed by atoms with E-state index < -0.39 is 0 Å². The van der Waals surface area contributed by atoms with Crippen molar-refractivity contribution in [3.05, 3.63) is 72.5 Å². The number of aromatic nitrogens is 5. The van der Waals surface area contributed by atoms with Crippen LogP contribution in [0.1, 0.15) is 11.5 Å². The van der Waals surface area contributed by atoms with Gasteiger partial charge in [-0.1, -0.05) is 5.16 Å². The molecule has 34 heavy (non-hydrogen) atoms. The second-order valence-corrected chi connectivity index (χ2v) is 7.92. The summed E-state index contributed by atoms with van der Waals surface area (Å²) in [5.74, 6) is 2.13.